The van der Waals surface area contributed by atoms with Gasteiger partial charge in [-0.2, -0.15) is 5.10 Å². The van der Waals surface area contributed by atoms with Gasteiger partial charge in [0.15, 0.2) is 5.82 Å². The van der Waals surface area contributed by atoms with Crippen LogP contribution in [0.4, 0.5) is 0 Å². The smallest absolute Gasteiger partial charge is 0.266 e. The Labute approximate surface area is 162 Å². The molecule has 0 aliphatic rings. The van der Waals surface area contributed by atoms with Crippen LogP contribution in [0.3, 0.4) is 0 Å². The average Bonchev–Trinajstić information content (AvgIpc) is 3.02. The van der Waals surface area contributed by atoms with E-state index in [0.717, 1.165) is 22.7 Å². The standard InChI is InChI=1S/C20H23N5O3/c1-14-12-15(2)25(22-14)18-8-9-20(27)24(23-18)11-10-21-19(26)13-16-4-6-17(28-3)7-5-16/h4-9,12H,10-11,13H2,1-3H3,(H,21,26). The normalized spacial score (nSPS) is 10.7. The van der Waals surface area contributed by atoms with E-state index in [4.69, 9.17) is 4.74 Å². The first-order chi connectivity index (χ1) is 13.5. The van der Waals surface area contributed by atoms with Crippen LogP contribution in [-0.2, 0) is 17.8 Å². The fraction of sp³-hybridized carbons (Fsp3) is 0.300. The van der Waals surface area contributed by atoms with E-state index in [0.29, 0.717) is 12.4 Å². The lowest BCUT2D eigenvalue weighted by Crippen LogP contribution is -2.33. The molecule has 8 heteroatoms. The second-order valence-electron chi connectivity index (χ2n) is 6.47. The summed E-state index contributed by atoms with van der Waals surface area (Å²) in [5.74, 6) is 1.19. The molecule has 1 amide bonds. The summed E-state index contributed by atoms with van der Waals surface area (Å²) in [5.41, 5.74) is 2.47. The Morgan fingerprint density at radius 1 is 1.11 bits per heavy atom. The third-order valence-electron chi connectivity index (χ3n) is 4.25. The van der Waals surface area contributed by atoms with Crippen LogP contribution < -0.4 is 15.6 Å². The Morgan fingerprint density at radius 3 is 2.50 bits per heavy atom. The van der Waals surface area contributed by atoms with Gasteiger partial charge in [-0.1, -0.05) is 12.1 Å². The minimum Gasteiger partial charge on any atom is -0.497 e. The van der Waals surface area contributed by atoms with Crippen LogP contribution in [-0.4, -0.2) is 39.1 Å². The molecule has 2 heterocycles. The lowest BCUT2D eigenvalue weighted by molar-refractivity contribution is -0.120. The Hall–Kier alpha value is -3.42. The van der Waals surface area contributed by atoms with Gasteiger partial charge in [0.05, 0.1) is 25.8 Å². The molecular formula is C20H23N5O3. The first-order valence-corrected chi connectivity index (χ1v) is 8.97. The largest absolute Gasteiger partial charge is 0.497 e. The Morgan fingerprint density at radius 2 is 1.86 bits per heavy atom. The molecule has 2 aromatic heterocycles. The second-order valence-corrected chi connectivity index (χ2v) is 6.47. The molecule has 0 radical (unpaired) electrons. The molecule has 0 atom stereocenters. The molecule has 146 valence electrons. The second kappa shape index (κ2) is 8.51. The van der Waals surface area contributed by atoms with E-state index in [9.17, 15) is 9.59 Å². The quantitative estimate of drug-likeness (QED) is 0.668. The van der Waals surface area contributed by atoms with E-state index >= 15 is 0 Å². The molecule has 0 aliphatic carbocycles. The molecule has 8 nitrogen and oxygen atoms in total. The molecule has 0 fully saturated rings. The van der Waals surface area contributed by atoms with Crippen LogP contribution in [0.15, 0.2) is 47.3 Å². The highest BCUT2D eigenvalue weighted by Gasteiger charge is 2.08. The zero-order valence-corrected chi connectivity index (χ0v) is 16.2. The number of rotatable bonds is 7. The number of ether oxygens (including phenoxy) is 1. The number of amides is 1. The van der Waals surface area contributed by atoms with E-state index in [1.807, 2.05) is 44.2 Å². The first kappa shape index (κ1) is 19.3. The molecule has 0 unspecified atom stereocenters. The fourth-order valence-corrected chi connectivity index (χ4v) is 2.86. The van der Waals surface area contributed by atoms with Crippen LogP contribution in [0.25, 0.3) is 5.82 Å². The zero-order chi connectivity index (χ0) is 20.1. The minimum absolute atomic E-state index is 0.118. The van der Waals surface area contributed by atoms with Crippen molar-refractivity contribution in [2.45, 2.75) is 26.8 Å². The van der Waals surface area contributed by atoms with Crippen molar-refractivity contribution in [1.82, 2.24) is 24.9 Å². The maximum absolute atomic E-state index is 12.1. The van der Waals surface area contributed by atoms with Crippen molar-refractivity contribution in [3.8, 4) is 11.6 Å². The molecule has 1 aromatic carbocycles. The predicted octanol–water partition coefficient (Wildman–Crippen LogP) is 1.41. The topological polar surface area (TPSA) is 91.0 Å². The van der Waals surface area contributed by atoms with Crippen molar-refractivity contribution >= 4 is 5.91 Å². The highest BCUT2D eigenvalue weighted by atomic mass is 16.5. The summed E-state index contributed by atoms with van der Waals surface area (Å²) in [6.07, 6.45) is 0.262. The van der Waals surface area contributed by atoms with Gasteiger partial charge in [0, 0.05) is 18.3 Å². The summed E-state index contributed by atoms with van der Waals surface area (Å²) in [6, 6.07) is 12.4. The number of aromatic nitrogens is 4. The molecule has 1 N–H and O–H groups in total. The van der Waals surface area contributed by atoms with E-state index in [1.165, 1.54) is 10.7 Å². The third kappa shape index (κ3) is 4.64. The lowest BCUT2D eigenvalue weighted by atomic mass is 10.1. The molecule has 0 saturated heterocycles. The van der Waals surface area contributed by atoms with Crippen molar-refractivity contribution in [2.24, 2.45) is 0 Å². The van der Waals surface area contributed by atoms with E-state index < -0.39 is 0 Å². The molecular weight excluding hydrogens is 358 g/mol. The fourth-order valence-electron chi connectivity index (χ4n) is 2.86. The number of aryl methyl sites for hydroxylation is 2. The van der Waals surface area contributed by atoms with Gasteiger partial charge in [-0.15, -0.1) is 5.10 Å². The summed E-state index contributed by atoms with van der Waals surface area (Å²) in [5, 5.41) is 11.6. The lowest BCUT2D eigenvalue weighted by Gasteiger charge is -2.09. The molecule has 0 spiro atoms. The van der Waals surface area contributed by atoms with Gasteiger partial charge < -0.3 is 10.1 Å². The van der Waals surface area contributed by atoms with Crippen molar-refractivity contribution in [3.05, 3.63) is 69.8 Å². The minimum atomic E-state index is -0.227. The van der Waals surface area contributed by atoms with Crippen molar-refractivity contribution in [3.63, 3.8) is 0 Å². The number of benzene rings is 1. The maximum atomic E-state index is 12.1. The Bertz CT molecular complexity index is 1020. The SMILES string of the molecule is COc1ccc(CC(=O)NCCn2nc(-n3nc(C)cc3C)ccc2=O)cc1. The van der Waals surface area contributed by atoms with Gasteiger partial charge >= 0.3 is 0 Å². The number of methoxy groups -OCH3 is 1. The van der Waals surface area contributed by atoms with Gasteiger partial charge in [0.25, 0.3) is 5.56 Å². The van der Waals surface area contributed by atoms with Gasteiger partial charge in [0.1, 0.15) is 5.75 Å². The van der Waals surface area contributed by atoms with Crippen LogP contribution >= 0.6 is 0 Å². The summed E-state index contributed by atoms with van der Waals surface area (Å²) >= 11 is 0. The summed E-state index contributed by atoms with van der Waals surface area (Å²) in [7, 11) is 1.60. The molecule has 0 saturated carbocycles. The summed E-state index contributed by atoms with van der Waals surface area (Å²) in [6.45, 7) is 4.41. The van der Waals surface area contributed by atoms with E-state index in [1.54, 1.807) is 17.9 Å². The van der Waals surface area contributed by atoms with Gasteiger partial charge in [-0.05, 0) is 43.7 Å². The van der Waals surface area contributed by atoms with Crippen molar-refractivity contribution in [2.75, 3.05) is 13.7 Å². The summed E-state index contributed by atoms with van der Waals surface area (Å²) < 4.78 is 8.12. The van der Waals surface area contributed by atoms with Crippen molar-refractivity contribution in [1.29, 1.82) is 0 Å². The molecule has 0 aliphatic heterocycles. The summed E-state index contributed by atoms with van der Waals surface area (Å²) in [4.78, 5) is 24.2. The van der Waals surface area contributed by atoms with Crippen LogP contribution in [0, 0.1) is 13.8 Å². The van der Waals surface area contributed by atoms with Gasteiger partial charge in [-0.3, -0.25) is 9.59 Å². The van der Waals surface area contributed by atoms with Crippen molar-refractivity contribution < 1.29 is 9.53 Å². The van der Waals surface area contributed by atoms with Gasteiger partial charge in [-0.25, -0.2) is 9.36 Å². The number of carbonyl (C=O) groups excluding carboxylic acids is 1. The molecule has 3 rings (SSSR count). The molecule has 28 heavy (non-hydrogen) atoms. The van der Waals surface area contributed by atoms with Crippen LogP contribution in [0.2, 0.25) is 0 Å². The van der Waals surface area contributed by atoms with E-state index in [-0.39, 0.29) is 24.4 Å². The molecule has 0 bridgehead atoms. The van der Waals surface area contributed by atoms with Gasteiger partial charge in [0.2, 0.25) is 5.91 Å². The maximum Gasteiger partial charge on any atom is 0.266 e. The number of carbonyl (C=O) groups is 1. The Balaban J connectivity index is 1.59. The zero-order valence-electron chi connectivity index (χ0n) is 16.2. The van der Waals surface area contributed by atoms with E-state index in [2.05, 4.69) is 15.5 Å². The van der Waals surface area contributed by atoms with Crippen LogP contribution in [0.5, 0.6) is 5.75 Å². The monoisotopic (exact) mass is 381 g/mol. The highest BCUT2D eigenvalue weighted by molar-refractivity contribution is 5.78. The third-order valence-corrected chi connectivity index (χ3v) is 4.25. The molecule has 3 aromatic rings. The predicted molar refractivity (Wildman–Crippen MR) is 105 cm³/mol. The Kier molecular flexibility index (Phi) is 5.88. The van der Waals surface area contributed by atoms with Crippen LogP contribution in [0.1, 0.15) is 17.0 Å². The number of nitrogens with zero attached hydrogens (tertiary/aromatic N) is 4. The number of hydrogen-bond donors (Lipinski definition) is 1. The average molecular weight is 381 g/mol. The number of hydrogen-bond acceptors (Lipinski definition) is 5. The first-order valence-electron chi connectivity index (χ1n) is 8.97. The highest BCUT2D eigenvalue weighted by Crippen LogP contribution is 2.11. The number of nitrogens with one attached hydrogen (secondary N) is 1.